The fourth-order valence-corrected chi connectivity index (χ4v) is 3.09. The molecule has 0 fully saturated rings. The van der Waals surface area contributed by atoms with Crippen molar-refractivity contribution in [1.29, 1.82) is 0 Å². The normalized spacial score (nSPS) is 11.0. The molecule has 0 aliphatic heterocycles. The molecule has 3 aromatic rings. The average molecular weight is 401 g/mol. The van der Waals surface area contributed by atoms with Crippen LogP contribution in [0.3, 0.4) is 0 Å². The maximum Gasteiger partial charge on any atom is 0.251 e. The van der Waals surface area contributed by atoms with Crippen LogP contribution in [0.1, 0.15) is 42.3 Å². The van der Waals surface area contributed by atoms with Gasteiger partial charge < -0.3 is 10.6 Å². The highest BCUT2D eigenvalue weighted by molar-refractivity contribution is 5.96. The van der Waals surface area contributed by atoms with Gasteiger partial charge in [-0.2, -0.15) is 0 Å². The lowest BCUT2D eigenvalue weighted by Gasteiger charge is -2.19. The van der Waals surface area contributed by atoms with Gasteiger partial charge in [-0.15, -0.1) is 0 Å². The van der Waals surface area contributed by atoms with Gasteiger partial charge in [0.25, 0.3) is 5.91 Å². The van der Waals surface area contributed by atoms with E-state index in [0.717, 1.165) is 16.7 Å². The minimum Gasteiger partial charge on any atom is -0.350 e. The van der Waals surface area contributed by atoms with Gasteiger partial charge in [0, 0.05) is 12.1 Å². The first-order chi connectivity index (χ1) is 14.3. The van der Waals surface area contributed by atoms with E-state index >= 15 is 0 Å². The molecule has 0 saturated carbocycles. The van der Waals surface area contributed by atoms with Crippen molar-refractivity contribution in [2.45, 2.75) is 32.7 Å². The second-order valence-corrected chi connectivity index (χ2v) is 8.35. The smallest absolute Gasteiger partial charge is 0.251 e. The number of hydrogen-bond donors (Lipinski definition) is 2. The van der Waals surface area contributed by atoms with Gasteiger partial charge in [-0.1, -0.05) is 87.5 Å². The topological polar surface area (TPSA) is 58.2 Å². The van der Waals surface area contributed by atoms with Crippen LogP contribution >= 0.6 is 0 Å². The lowest BCUT2D eigenvalue weighted by atomic mass is 9.87. The third kappa shape index (κ3) is 5.80. The van der Waals surface area contributed by atoms with Crippen LogP contribution in [0.5, 0.6) is 0 Å². The lowest BCUT2D eigenvalue weighted by Crippen LogP contribution is -2.36. The fraction of sp³-hybridized carbons (Fsp3) is 0.231. The molecule has 3 aromatic carbocycles. The van der Waals surface area contributed by atoms with Crippen LogP contribution in [-0.2, 0) is 16.8 Å². The standard InChI is InChI=1S/C26H28N2O2/c1-26(2,3)23-15-9-19(10-16-23)17-27-24(29)18-28-25(30)22-13-11-21(12-14-22)20-7-5-4-6-8-20/h4-16H,17-18H2,1-3H3,(H,27,29)(H,28,30). The van der Waals surface area contributed by atoms with Gasteiger partial charge >= 0.3 is 0 Å². The summed E-state index contributed by atoms with van der Waals surface area (Å²) in [6.07, 6.45) is 0. The van der Waals surface area contributed by atoms with Crippen LogP contribution < -0.4 is 10.6 Å². The lowest BCUT2D eigenvalue weighted by molar-refractivity contribution is -0.120. The highest BCUT2D eigenvalue weighted by Crippen LogP contribution is 2.22. The summed E-state index contributed by atoms with van der Waals surface area (Å²) in [6.45, 7) is 6.88. The summed E-state index contributed by atoms with van der Waals surface area (Å²) in [5.74, 6) is -0.483. The molecular weight excluding hydrogens is 372 g/mol. The van der Waals surface area contributed by atoms with E-state index in [9.17, 15) is 9.59 Å². The van der Waals surface area contributed by atoms with Crippen molar-refractivity contribution in [2.24, 2.45) is 0 Å². The Morgan fingerprint density at radius 2 is 1.33 bits per heavy atom. The van der Waals surface area contributed by atoms with Crippen molar-refractivity contribution in [2.75, 3.05) is 6.54 Å². The van der Waals surface area contributed by atoms with Crippen LogP contribution in [0.25, 0.3) is 11.1 Å². The van der Waals surface area contributed by atoms with Crippen LogP contribution in [0, 0.1) is 0 Å². The Balaban J connectivity index is 1.47. The Bertz CT molecular complexity index is 986. The molecule has 2 N–H and O–H groups in total. The van der Waals surface area contributed by atoms with Crippen molar-refractivity contribution < 1.29 is 9.59 Å². The monoisotopic (exact) mass is 400 g/mol. The van der Waals surface area contributed by atoms with E-state index in [1.165, 1.54) is 5.56 Å². The molecule has 4 nitrogen and oxygen atoms in total. The van der Waals surface area contributed by atoms with Crippen LogP contribution in [0.4, 0.5) is 0 Å². The predicted octanol–water partition coefficient (Wildman–Crippen LogP) is 4.70. The molecule has 2 amide bonds. The molecule has 154 valence electrons. The second-order valence-electron chi connectivity index (χ2n) is 8.35. The number of nitrogens with one attached hydrogen (secondary N) is 2. The molecule has 0 spiro atoms. The van der Waals surface area contributed by atoms with Gasteiger partial charge in [0.1, 0.15) is 0 Å². The first-order valence-corrected chi connectivity index (χ1v) is 10.1. The van der Waals surface area contributed by atoms with Crippen LogP contribution in [-0.4, -0.2) is 18.4 Å². The third-order valence-corrected chi connectivity index (χ3v) is 4.97. The summed E-state index contributed by atoms with van der Waals surface area (Å²) in [7, 11) is 0. The van der Waals surface area contributed by atoms with Gasteiger partial charge in [0.05, 0.1) is 6.54 Å². The van der Waals surface area contributed by atoms with Gasteiger partial charge in [-0.3, -0.25) is 9.59 Å². The summed E-state index contributed by atoms with van der Waals surface area (Å²) in [6, 6.07) is 25.5. The van der Waals surface area contributed by atoms with Crippen molar-refractivity contribution >= 4 is 11.8 Å². The molecule has 0 radical (unpaired) electrons. The maximum absolute atomic E-state index is 12.3. The first kappa shape index (κ1) is 21.3. The largest absolute Gasteiger partial charge is 0.350 e. The SMILES string of the molecule is CC(C)(C)c1ccc(CNC(=O)CNC(=O)c2ccc(-c3ccccc3)cc2)cc1. The summed E-state index contributed by atoms with van der Waals surface area (Å²) in [5.41, 5.74) is 5.05. The van der Waals surface area contributed by atoms with Gasteiger partial charge in [0.2, 0.25) is 5.91 Å². The minimum absolute atomic E-state index is 0.0562. The Labute approximate surface area is 178 Å². The third-order valence-electron chi connectivity index (χ3n) is 4.97. The van der Waals surface area contributed by atoms with E-state index in [4.69, 9.17) is 0 Å². The summed E-state index contributed by atoms with van der Waals surface area (Å²) in [5, 5.41) is 5.51. The molecule has 0 aromatic heterocycles. The molecule has 0 heterocycles. The first-order valence-electron chi connectivity index (χ1n) is 10.1. The van der Waals surface area contributed by atoms with E-state index in [-0.39, 0.29) is 23.8 Å². The number of benzene rings is 3. The van der Waals surface area contributed by atoms with E-state index in [0.29, 0.717) is 12.1 Å². The number of amides is 2. The summed E-state index contributed by atoms with van der Waals surface area (Å²) < 4.78 is 0. The molecule has 3 rings (SSSR count). The fourth-order valence-electron chi connectivity index (χ4n) is 3.09. The molecular formula is C26H28N2O2. The van der Waals surface area contributed by atoms with E-state index < -0.39 is 0 Å². The molecule has 0 unspecified atom stereocenters. The summed E-state index contributed by atoms with van der Waals surface area (Å²) >= 11 is 0. The molecule has 0 atom stereocenters. The van der Waals surface area contributed by atoms with Gasteiger partial charge in [-0.05, 0) is 39.8 Å². The van der Waals surface area contributed by atoms with E-state index in [1.54, 1.807) is 12.1 Å². The Morgan fingerprint density at radius 1 is 0.733 bits per heavy atom. The molecule has 4 heteroatoms. The Hall–Kier alpha value is -3.40. The minimum atomic E-state index is -0.265. The number of rotatable bonds is 6. The molecule has 0 aliphatic carbocycles. The number of carbonyl (C=O) groups is 2. The van der Waals surface area contributed by atoms with Crippen LogP contribution in [0.15, 0.2) is 78.9 Å². The maximum atomic E-state index is 12.3. The Kier molecular flexibility index (Phi) is 6.68. The van der Waals surface area contributed by atoms with Gasteiger partial charge in [-0.25, -0.2) is 0 Å². The predicted molar refractivity (Wildman–Crippen MR) is 121 cm³/mol. The van der Waals surface area contributed by atoms with Crippen LogP contribution in [0.2, 0.25) is 0 Å². The zero-order valence-corrected chi connectivity index (χ0v) is 17.7. The molecule has 0 saturated heterocycles. The number of hydrogen-bond acceptors (Lipinski definition) is 2. The van der Waals surface area contributed by atoms with Crippen molar-refractivity contribution in [3.8, 4) is 11.1 Å². The van der Waals surface area contributed by atoms with Crippen molar-refractivity contribution in [1.82, 2.24) is 10.6 Å². The zero-order valence-electron chi connectivity index (χ0n) is 17.7. The average Bonchev–Trinajstić information content (AvgIpc) is 2.76. The van der Waals surface area contributed by atoms with Crippen molar-refractivity contribution in [3.63, 3.8) is 0 Å². The number of carbonyl (C=O) groups excluding carboxylic acids is 2. The second kappa shape index (κ2) is 9.40. The Morgan fingerprint density at radius 3 is 1.93 bits per heavy atom. The van der Waals surface area contributed by atoms with E-state index in [2.05, 4.69) is 43.5 Å². The quantitative estimate of drug-likeness (QED) is 0.630. The zero-order chi connectivity index (χ0) is 21.6. The highest BCUT2D eigenvalue weighted by atomic mass is 16.2. The van der Waals surface area contributed by atoms with Gasteiger partial charge in [0.15, 0.2) is 0 Å². The summed E-state index contributed by atoms with van der Waals surface area (Å²) in [4.78, 5) is 24.4. The molecule has 0 bridgehead atoms. The van der Waals surface area contributed by atoms with E-state index in [1.807, 2.05) is 54.6 Å². The van der Waals surface area contributed by atoms with Crippen molar-refractivity contribution in [3.05, 3.63) is 95.6 Å². The molecule has 0 aliphatic rings. The highest BCUT2D eigenvalue weighted by Gasteiger charge is 2.13. The molecule has 30 heavy (non-hydrogen) atoms.